The molecule has 24 heavy (non-hydrogen) atoms. The normalized spacial score (nSPS) is 20.2. The van der Waals surface area contributed by atoms with Gasteiger partial charge in [0.15, 0.2) is 0 Å². The summed E-state index contributed by atoms with van der Waals surface area (Å²) in [6, 6.07) is 7.50. The van der Waals surface area contributed by atoms with Crippen molar-refractivity contribution in [2.45, 2.75) is 13.3 Å². The number of aliphatic carboxylic acids is 1. The molecule has 1 amide bonds. The molecule has 0 saturated carbocycles. The number of hydrogen-bond acceptors (Lipinski definition) is 5. The largest absolute Gasteiger partial charge is 0.496 e. The highest BCUT2D eigenvalue weighted by molar-refractivity contribution is 7.13. The number of ether oxygens (including phenoxy) is 1. The van der Waals surface area contributed by atoms with Crippen LogP contribution in [0.4, 0.5) is 0 Å². The molecule has 1 aromatic carbocycles. The average molecular weight is 346 g/mol. The van der Waals surface area contributed by atoms with Gasteiger partial charge in [-0.1, -0.05) is 12.1 Å². The van der Waals surface area contributed by atoms with Crippen molar-refractivity contribution in [3.63, 3.8) is 0 Å². The minimum atomic E-state index is -0.878. The van der Waals surface area contributed by atoms with Gasteiger partial charge in [0.25, 0.3) is 5.91 Å². The van der Waals surface area contributed by atoms with Gasteiger partial charge in [-0.2, -0.15) is 0 Å². The lowest BCUT2D eigenvalue weighted by Crippen LogP contribution is -2.35. The van der Waals surface area contributed by atoms with Crippen LogP contribution < -0.4 is 4.74 Å². The number of thiazole rings is 1. The molecule has 0 spiro atoms. The molecular formula is C17H18N2O4S. The fraction of sp³-hybridized carbons (Fsp3) is 0.353. The number of aromatic nitrogens is 1. The van der Waals surface area contributed by atoms with Crippen molar-refractivity contribution in [1.29, 1.82) is 0 Å². The Hall–Kier alpha value is -2.41. The van der Waals surface area contributed by atoms with E-state index < -0.39 is 11.4 Å². The molecule has 0 aliphatic carbocycles. The molecule has 1 aliphatic heterocycles. The molecule has 1 N–H and O–H groups in total. The highest BCUT2D eigenvalue weighted by atomic mass is 32.1. The zero-order valence-corrected chi connectivity index (χ0v) is 14.3. The van der Waals surface area contributed by atoms with E-state index in [1.54, 1.807) is 24.3 Å². The summed E-state index contributed by atoms with van der Waals surface area (Å²) in [5.74, 6) is -0.395. The van der Waals surface area contributed by atoms with E-state index in [-0.39, 0.29) is 12.5 Å². The molecule has 0 radical (unpaired) electrons. The number of amides is 1. The van der Waals surface area contributed by atoms with Gasteiger partial charge in [-0.15, -0.1) is 11.3 Å². The average Bonchev–Trinajstić information content (AvgIpc) is 3.22. The van der Waals surface area contributed by atoms with Crippen LogP contribution in [-0.4, -0.2) is 47.1 Å². The summed E-state index contributed by atoms with van der Waals surface area (Å²) in [4.78, 5) is 29.9. The fourth-order valence-electron chi connectivity index (χ4n) is 2.79. The summed E-state index contributed by atoms with van der Waals surface area (Å²) < 4.78 is 5.33. The minimum Gasteiger partial charge on any atom is -0.496 e. The second kappa shape index (κ2) is 6.24. The molecule has 2 aromatic rings. The summed E-state index contributed by atoms with van der Waals surface area (Å²) in [6.07, 6.45) is 0.456. The van der Waals surface area contributed by atoms with E-state index in [0.29, 0.717) is 29.4 Å². The van der Waals surface area contributed by atoms with Gasteiger partial charge in [-0.25, -0.2) is 4.98 Å². The van der Waals surface area contributed by atoms with Crippen LogP contribution in [0.3, 0.4) is 0 Å². The first-order chi connectivity index (χ1) is 11.4. The molecule has 1 aromatic heterocycles. The van der Waals surface area contributed by atoms with Gasteiger partial charge in [0.2, 0.25) is 0 Å². The topological polar surface area (TPSA) is 79.7 Å². The minimum absolute atomic E-state index is 0.211. The van der Waals surface area contributed by atoms with E-state index in [1.165, 1.54) is 11.3 Å². The summed E-state index contributed by atoms with van der Waals surface area (Å²) in [6.45, 7) is 2.32. The van der Waals surface area contributed by atoms with Gasteiger partial charge in [-0.3, -0.25) is 9.59 Å². The maximum Gasteiger partial charge on any atom is 0.311 e. The first-order valence-corrected chi connectivity index (χ1v) is 8.44. The quantitative estimate of drug-likeness (QED) is 0.921. The highest BCUT2D eigenvalue weighted by Crippen LogP contribution is 2.34. The number of nitrogens with zero attached hydrogens (tertiary/aromatic N) is 2. The van der Waals surface area contributed by atoms with E-state index in [1.807, 2.05) is 24.3 Å². The maximum atomic E-state index is 12.6. The molecule has 6 nitrogen and oxygen atoms in total. The summed E-state index contributed by atoms with van der Waals surface area (Å²) in [7, 11) is 1.59. The van der Waals surface area contributed by atoms with E-state index in [9.17, 15) is 14.7 Å². The number of para-hydroxylation sites is 1. The summed E-state index contributed by atoms with van der Waals surface area (Å²) in [5, 5.41) is 11.7. The zero-order chi connectivity index (χ0) is 17.3. The van der Waals surface area contributed by atoms with Gasteiger partial charge in [-0.05, 0) is 25.5 Å². The van der Waals surface area contributed by atoms with Gasteiger partial charge >= 0.3 is 5.97 Å². The Morgan fingerprint density at radius 2 is 2.12 bits per heavy atom. The Labute approximate surface area is 143 Å². The Morgan fingerprint density at radius 1 is 1.38 bits per heavy atom. The van der Waals surface area contributed by atoms with Crippen LogP contribution in [0.1, 0.15) is 23.8 Å². The van der Waals surface area contributed by atoms with Crippen LogP contribution in [0.5, 0.6) is 5.75 Å². The predicted octanol–water partition coefficient (Wildman–Crippen LogP) is 2.76. The van der Waals surface area contributed by atoms with Crippen molar-refractivity contribution in [3.05, 3.63) is 35.3 Å². The van der Waals surface area contributed by atoms with Crippen molar-refractivity contribution >= 4 is 23.2 Å². The van der Waals surface area contributed by atoms with Crippen LogP contribution >= 0.6 is 11.3 Å². The van der Waals surface area contributed by atoms with Crippen LogP contribution in [0.15, 0.2) is 29.6 Å². The Balaban J connectivity index is 1.81. The van der Waals surface area contributed by atoms with E-state index in [4.69, 9.17) is 4.74 Å². The monoisotopic (exact) mass is 346 g/mol. The molecular weight excluding hydrogens is 328 g/mol. The summed E-state index contributed by atoms with van der Waals surface area (Å²) >= 11 is 1.37. The second-order valence-electron chi connectivity index (χ2n) is 6.08. The molecule has 3 rings (SSSR count). The summed E-state index contributed by atoms with van der Waals surface area (Å²) in [5.41, 5.74) is 0.299. The van der Waals surface area contributed by atoms with E-state index in [2.05, 4.69) is 4.98 Å². The third kappa shape index (κ3) is 2.87. The van der Waals surface area contributed by atoms with E-state index >= 15 is 0 Å². The van der Waals surface area contributed by atoms with Gasteiger partial charge in [0, 0.05) is 18.5 Å². The molecule has 126 valence electrons. The third-order valence-corrected chi connectivity index (χ3v) is 5.21. The lowest BCUT2D eigenvalue weighted by Gasteiger charge is -2.19. The van der Waals surface area contributed by atoms with Crippen LogP contribution in [-0.2, 0) is 4.79 Å². The Morgan fingerprint density at radius 3 is 2.79 bits per heavy atom. The molecule has 1 fully saturated rings. The lowest BCUT2D eigenvalue weighted by molar-refractivity contribution is -0.147. The number of carboxylic acids is 1. The third-order valence-electron chi connectivity index (χ3n) is 4.34. The van der Waals surface area contributed by atoms with Crippen molar-refractivity contribution in [3.8, 4) is 16.3 Å². The number of likely N-dealkylation sites (tertiary alicyclic amines) is 1. The lowest BCUT2D eigenvalue weighted by atomic mass is 9.90. The highest BCUT2D eigenvalue weighted by Gasteiger charge is 2.42. The molecule has 1 atom stereocenters. The number of carbonyl (C=O) groups excluding carboxylic acids is 1. The van der Waals surface area contributed by atoms with Crippen molar-refractivity contribution < 1.29 is 19.4 Å². The Kier molecular flexibility index (Phi) is 4.28. The van der Waals surface area contributed by atoms with Crippen molar-refractivity contribution in [2.75, 3.05) is 20.2 Å². The number of methoxy groups -OCH3 is 1. The smallest absolute Gasteiger partial charge is 0.311 e. The molecule has 1 saturated heterocycles. The number of rotatable bonds is 4. The second-order valence-corrected chi connectivity index (χ2v) is 6.94. The number of benzene rings is 1. The molecule has 1 aliphatic rings. The fourth-order valence-corrected chi connectivity index (χ4v) is 3.61. The van der Waals surface area contributed by atoms with Crippen molar-refractivity contribution in [2.24, 2.45) is 5.41 Å². The first kappa shape index (κ1) is 16.4. The number of carbonyl (C=O) groups is 2. The SMILES string of the molecule is COc1ccccc1-c1nc(C(=O)N2CCC(C)(C(=O)O)C2)cs1. The van der Waals surface area contributed by atoms with Gasteiger partial charge < -0.3 is 14.7 Å². The number of carboxylic acid groups (broad SMARTS) is 1. The predicted molar refractivity (Wildman–Crippen MR) is 90.4 cm³/mol. The Bertz CT molecular complexity index is 788. The van der Waals surface area contributed by atoms with Crippen LogP contribution in [0.25, 0.3) is 10.6 Å². The molecule has 1 unspecified atom stereocenters. The first-order valence-electron chi connectivity index (χ1n) is 7.56. The zero-order valence-electron chi connectivity index (χ0n) is 13.5. The van der Waals surface area contributed by atoms with Crippen LogP contribution in [0.2, 0.25) is 0 Å². The van der Waals surface area contributed by atoms with E-state index in [0.717, 1.165) is 5.56 Å². The maximum absolute atomic E-state index is 12.6. The molecule has 7 heteroatoms. The molecule has 2 heterocycles. The van der Waals surface area contributed by atoms with Crippen molar-refractivity contribution in [1.82, 2.24) is 9.88 Å². The van der Waals surface area contributed by atoms with Gasteiger partial charge in [0.1, 0.15) is 16.5 Å². The number of hydrogen-bond donors (Lipinski definition) is 1. The van der Waals surface area contributed by atoms with Gasteiger partial charge in [0.05, 0.1) is 18.1 Å². The van der Waals surface area contributed by atoms with Crippen LogP contribution in [0, 0.1) is 5.41 Å². The molecule has 0 bridgehead atoms. The standard InChI is InChI=1S/C17H18N2O4S/c1-17(16(21)22)7-8-19(10-17)15(20)12-9-24-14(18-12)11-5-3-4-6-13(11)23-2/h3-6,9H,7-8,10H2,1-2H3,(H,21,22).